The molecule has 5 heteroatoms. The van der Waals surface area contributed by atoms with Crippen LogP contribution in [-0.4, -0.2) is 10.1 Å². The minimum absolute atomic E-state index is 0.316. The predicted octanol–water partition coefficient (Wildman–Crippen LogP) is 4.06. The van der Waals surface area contributed by atoms with Crippen LogP contribution in [0.2, 0.25) is 0 Å². The molecule has 0 unspecified atom stereocenters. The summed E-state index contributed by atoms with van der Waals surface area (Å²) in [6.07, 6.45) is 1.75. The summed E-state index contributed by atoms with van der Waals surface area (Å²) in [4.78, 5) is 4.19. The zero-order chi connectivity index (χ0) is 14.1. The van der Waals surface area contributed by atoms with Gasteiger partial charge in [-0.05, 0) is 36.8 Å². The Morgan fingerprint density at radius 3 is 2.55 bits per heavy atom. The van der Waals surface area contributed by atoms with E-state index >= 15 is 0 Å². The van der Waals surface area contributed by atoms with Crippen molar-refractivity contribution in [1.82, 2.24) is 10.1 Å². The van der Waals surface area contributed by atoms with Crippen LogP contribution in [0.3, 0.4) is 0 Å². The van der Waals surface area contributed by atoms with E-state index in [0.29, 0.717) is 5.88 Å². The van der Waals surface area contributed by atoms with Gasteiger partial charge in [0.05, 0.1) is 5.56 Å². The minimum atomic E-state index is 0.316. The molecular formula is C15H12BrN3O. The second-order valence-corrected chi connectivity index (χ2v) is 5.38. The molecule has 2 heterocycles. The predicted molar refractivity (Wildman–Crippen MR) is 82.0 cm³/mol. The summed E-state index contributed by atoms with van der Waals surface area (Å²) >= 11 is 3.42. The number of pyridine rings is 1. The van der Waals surface area contributed by atoms with Crippen molar-refractivity contribution in [3.8, 4) is 22.4 Å². The molecule has 0 saturated carbocycles. The van der Waals surface area contributed by atoms with Crippen molar-refractivity contribution in [2.45, 2.75) is 6.92 Å². The van der Waals surface area contributed by atoms with Crippen molar-refractivity contribution in [2.24, 2.45) is 0 Å². The van der Waals surface area contributed by atoms with Crippen LogP contribution in [0.5, 0.6) is 0 Å². The molecule has 0 aliphatic heterocycles. The Morgan fingerprint density at radius 1 is 1.10 bits per heavy atom. The average molecular weight is 330 g/mol. The number of nitrogens with zero attached hydrogens (tertiary/aromatic N) is 2. The number of nitrogens with two attached hydrogens (primary N) is 1. The first kappa shape index (κ1) is 12.9. The van der Waals surface area contributed by atoms with Gasteiger partial charge in [-0.25, -0.2) is 0 Å². The molecule has 0 spiro atoms. The van der Waals surface area contributed by atoms with E-state index < -0.39 is 0 Å². The van der Waals surface area contributed by atoms with Gasteiger partial charge in [0.15, 0.2) is 0 Å². The van der Waals surface area contributed by atoms with Gasteiger partial charge >= 0.3 is 0 Å². The zero-order valence-corrected chi connectivity index (χ0v) is 12.4. The lowest BCUT2D eigenvalue weighted by molar-refractivity contribution is 0.439. The van der Waals surface area contributed by atoms with E-state index in [1.54, 1.807) is 6.20 Å². The third-order valence-electron chi connectivity index (χ3n) is 3.02. The first-order valence-corrected chi connectivity index (χ1v) is 6.88. The Balaban J connectivity index is 2.17. The molecule has 0 radical (unpaired) electrons. The first-order chi connectivity index (χ1) is 9.65. The standard InChI is InChI=1S/C15H12BrN3O/c1-9-8-11(6-7-18-9)14-13(15(17)20-19-14)10-2-4-12(16)5-3-10/h2-8H,17H2,1H3. The molecule has 3 aromatic rings. The molecule has 2 aromatic heterocycles. The largest absolute Gasteiger partial charge is 0.367 e. The van der Waals surface area contributed by atoms with Crippen molar-refractivity contribution < 1.29 is 4.52 Å². The van der Waals surface area contributed by atoms with Crippen molar-refractivity contribution >= 4 is 21.8 Å². The smallest absolute Gasteiger partial charge is 0.230 e. The van der Waals surface area contributed by atoms with Gasteiger partial charge in [0.25, 0.3) is 0 Å². The molecule has 0 saturated heterocycles. The van der Waals surface area contributed by atoms with Crippen molar-refractivity contribution in [3.05, 3.63) is 52.8 Å². The summed E-state index contributed by atoms with van der Waals surface area (Å²) in [6.45, 7) is 1.94. The highest BCUT2D eigenvalue weighted by molar-refractivity contribution is 9.10. The number of aryl methyl sites for hydroxylation is 1. The monoisotopic (exact) mass is 329 g/mol. The fourth-order valence-electron chi connectivity index (χ4n) is 2.09. The Morgan fingerprint density at radius 2 is 1.85 bits per heavy atom. The van der Waals surface area contributed by atoms with E-state index in [4.69, 9.17) is 10.3 Å². The summed E-state index contributed by atoms with van der Waals surface area (Å²) < 4.78 is 6.18. The van der Waals surface area contributed by atoms with Gasteiger partial charge in [0.2, 0.25) is 5.88 Å². The number of aromatic nitrogens is 2. The fourth-order valence-corrected chi connectivity index (χ4v) is 2.35. The molecule has 20 heavy (non-hydrogen) atoms. The van der Waals surface area contributed by atoms with Gasteiger partial charge in [-0.2, -0.15) is 0 Å². The molecule has 0 amide bonds. The molecule has 0 fully saturated rings. The summed E-state index contributed by atoms with van der Waals surface area (Å²) in [5.74, 6) is 0.316. The molecule has 1 aromatic carbocycles. The van der Waals surface area contributed by atoms with E-state index in [0.717, 1.165) is 32.6 Å². The Bertz CT molecular complexity index is 750. The molecule has 2 N–H and O–H groups in total. The van der Waals surface area contributed by atoms with E-state index in [2.05, 4.69) is 26.1 Å². The number of hydrogen-bond acceptors (Lipinski definition) is 4. The van der Waals surface area contributed by atoms with Gasteiger partial charge in [-0.3, -0.25) is 4.98 Å². The molecule has 4 nitrogen and oxygen atoms in total. The average Bonchev–Trinajstić information content (AvgIpc) is 2.82. The molecule has 100 valence electrons. The van der Waals surface area contributed by atoms with E-state index in [1.165, 1.54) is 0 Å². The Hall–Kier alpha value is -2.14. The minimum Gasteiger partial charge on any atom is -0.367 e. The van der Waals surface area contributed by atoms with Gasteiger partial charge < -0.3 is 10.3 Å². The summed E-state index contributed by atoms with van der Waals surface area (Å²) in [7, 11) is 0. The molecule has 3 rings (SSSR count). The number of rotatable bonds is 2. The fraction of sp³-hybridized carbons (Fsp3) is 0.0667. The van der Waals surface area contributed by atoms with Crippen LogP contribution in [0.4, 0.5) is 5.88 Å². The number of hydrogen-bond donors (Lipinski definition) is 1. The highest BCUT2D eigenvalue weighted by Crippen LogP contribution is 2.36. The van der Waals surface area contributed by atoms with Crippen LogP contribution in [0, 0.1) is 6.92 Å². The lowest BCUT2D eigenvalue weighted by Gasteiger charge is -2.03. The lowest BCUT2D eigenvalue weighted by Crippen LogP contribution is -1.89. The maximum Gasteiger partial charge on any atom is 0.230 e. The molecule has 0 bridgehead atoms. The Labute approximate surface area is 124 Å². The molecule has 0 aliphatic rings. The van der Waals surface area contributed by atoms with Crippen LogP contribution >= 0.6 is 15.9 Å². The quantitative estimate of drug-likeness (QED) is 0.770. The third kappa shape index (κ3) is 2.32. The summed E-state index contributed by atoms with van der Waals surface area (Å²) in [5, 5.41) is 4.09. The summed E-state index contributed by atoms with van der Waals surface area (Å²) in [6, 6.07) is 11.7. The van der Waals surface area contributed by atoms with E-state index in [-0.39, 0.29) is 0 Å². The number of benzene rings is 1. The summed E-state index contributed by atoms with van der Waals surface area (Å²) in [5.41, 5.74) is 10.3. The van der Waals surface area contributed by atoms with Crippen molar-refractivity contribution in [1.29, 1.82) is 0 Å². The van der Waals surface area contributed by atoms with Crippen LogP contribution in [0.15, 0.2) is 51.6 Å². The lowest BCUT2D eigenvalue weighted by atomic mass is 10.0. The highest BCUT2D eigenvalue weighted by atomic mass is 79.9. The number of halogens is 1. The van der Waals surface area contributed by atoms with Gasteiger partial charge in [-0.15, -0.1) is 0 Å². The van der Waals surface area contributed by atoms with Crippen molar-refractivity contribution in [2.75, 3.05) is 5.73 Å². The number of anilines is 1. The second-order valence-electron chi connectivity index (χ2n) is 4.46. The third-order valence-corrected chi connectivity index (χ3v) is 3.55. The maximum absolute atomic E-state index is 5.93. The van der Waals surface area contributed by atoms with Crippen LogP contribution in [-0.2, 0) is 0 Å². The van der Waals surface area contributed by atoms with Gasteiger partial charge in [0.1, 0.15) is 5.69 Å². The highest BCUT2D eigenvalue weighted by Gasteiger charge is 2.17. The van der Waals surface area contributed by atoms with Crippen molar-refractivity contribution in [3.63, 3.8) is 0 Å². The number of nitrogen functional groups attached to an aromatic ring is 1. The normalized spacial score (nSPS) is 10.7. The topological polar surface area (TPSA) is 64.9 Å². The van der Waals surface area contributed by atoms with E-state index in [1.807, 2.05) is 43.3 Å². The van der Waals surface area contributed by atoms with Crippen LogP contribution in [0.1, 0.15) is 5.69 Å². The first-order valence-electron chi connectivity index (χ1n) is 6.09. The van der Waals surface area contributed by atoms with E-state index in [9.17, 15) is 0 Å². The maximum atomic E-state index is 5.93. The second kappa shape index (κ2) is 5.09. The SMILES string of the molecule is Cc1cc(-c2noc(N)c2-c2ccc(Br)cc2)ccn1. The molecule has 0 atom stereocenters. The zero-order valence-electron chi connectivity index (χ0n) is 10.8. The molecule has 0 aliphatic carbocycles. The van der Waals surface area contributed by atoms with Crippen LogP contribution in [0.25, 0.3) is 22.4 Å². The Kier molecular flexibility index (Phi) is 3.28. The van der Waals surface area contributed by atoms with Gasteiger partial charge in [0, 0.05) is 21.9 Å². The molecular weight excluding hydrogens is 318 g/mol. The van der Waals surface area contributed by atoms with Gasteiger partial charge in [-0.1, -0.05) is 33.2 Å². The van der Waals surface area contributed by atoms with Crippen LogP contribution < -0.4 is 5.73 Å².